The summed E-state index contributed by atoms with van der Waals surface area (Å²) in [4.78, 5) is 30.7. The van der Waals surface area contributed by atoms with Crippen LogP contribution in [-0.2, 0) is 16.0 Å². The van der Waals surface area contributed by atoms with Gasteiger partial charge < -0.3 is 20.4 Å². The second-order valence-corrected chi connectivity index (χ2v) is 9.79. The minimum absolute atomic E-state index is 0.0848. The van der Waals surface area contributed by atoms with E-state index in [0.29, 0.717) is 18.0 Å². The van der Waals surface area contributed by atoms with Crippen molar-refractivity contribution in [1.29, 1.82) is 0 Å². The second-order valence-electron chi connectivity index (χ2n) is 9.79. The molecule has 0 aliphatic carbocycles. The molecule has 3 saturated heterocycles. The van der Waals surface area contributed by atoms with Crippen LogP contribution < -0.4 is 10.6 Å². The lowest BCUT2D eigenvalue weighted by atomic mass is 9.90. The molecule has 3 heterocycles. The average molecular weight is 427 g/mol. The highest BCUT2D eigenvalue weighted by molar-refractivity contribution is 5.90. The van der Waals surface area contributed by atoms with E-state index in [4.69, 9.17) is 0 Å². The maximum atomic E-state index is 13.5. The van der Waals surface area contributed by atoms with Gasteiger partial charge in [-0.3, -0.25) is 9.59 Å². The highest BCUT2D eigenvalue weighted by atomic mass is 16.2. The van der Waals surface area contributed by atoms with Crippen molar-refractivity contribution in [3.8, 4) is 0 Å². The Labute approximate surface area is 186 Å². The van der Waals surface area contributed by atoms with Gasteiger partial charge in [-0.1, -0.05) is 29.8 Å². The standard InChI is InChI=1S/C25H38N4O2/c1-17-7-9-19(10-8-17)11-13-28-14-12-20-15-21-5-4-6-22(27-24(30)18(2)26-3)25(31)29(21)23(20)16-28/h7-10,18,20-23,26H,4-6,11-16H2,1-3H3,(H,27,30)/t18-,20+,21-,22-,23+/m0/s1. The van der Waals surface area contributed by atoms with Gasteiger partial charge in [0.2, 0.25) is 11.8 Å². The van der Waals surface area contributed by atoms with Gasteiger partial charge >= 0.3 is 0 Å². The first-order valence-corrected chi connectivity index (χ1v) is 12.0. The normalized spacial score (nSPS) is 29.8. The summed E-state index contributed by atoms with van der Waals surface area (Å²) in [5.74, 6) is 0.667. The minimum Gasteiger partial charge on any atom is -0.343 e. The van der Waals surface area contributed by atoms with Gasteiger partial charge in [-0.05, 0) is 77.4 Å². The predicted octanol–water partition coefficient (Wildman–Crippen LogP) is 2.11. The molecule has 4 rings (SSSR count). The molecule has 0 aromatic heterocycles. The van der Waals surface area contributed by atoms with E-state index in [9.17, 15) is 9.59 Å². The van der Waals surface area contributed by atoms with Crippen molar-refractivity contribution in [2.24, 2.45) is 5.92 Å². The Hall–Kier alpha value is -1.92. The first-order chi connectivity index (χ1) is 15.0. The Balaban J connectivity index is 1.40. The van der Waals surface area contributed by atoms with Gasteiger partial charge in [0.15, 0.2) is 0 Å². The molecule has 0 bridgehead atoms. The van der Waals surface area contributed by atoms with Gasteiger partial charge in [0.05, 0.1) is 6.04 Å². The summed E-state index contributed by atoms with van der Waals surface area (Å²) in [6.07, 6.45) is 6.18. The molecular weight excluding hydrogens is 388 g/mol. The molecule has 1 aromatic carbocycles. The van der Waals surface area contributed by atoms with Gasteiger partial charge in [-0.25, -0.2) is 0 Å². The van der Waals surface area contributed by atoms with Crippen LogP contribution in [0.2, 0.25) is 0 Å². The number of nitrogens with one attached hydrogen (secondary N) is 2. The van der Waals surface area contributed by atoms with Crippen LogP contribution in [0.4, 0.5) is 0 Å². The van der Waals surface area contributed by atoms with Crippen LogP contribution >= 0.6 is 0 Å². The summed E-state index contributed by atoms with van der Waals surface area (Å²) in [5, 5.41) is 5.99. The monoisotopic (exact) mass is 426 g/mol. The van der Waals surface area contributed by atoms with E-state index in [1.807, 2.05) is 6.92 Å². The van der Waals surface area contributed by atoms with Crippen LogP contribution in [0.1, 0.15) is 50.2 Å². The Bertz CT molecular complexity index is 780. The second kappa shape index (κ2) is 9.70. The maximum absolute atomic E-state index is 13.5. The van der Waals surface area contributed by atoms with E-state index in [1.54, 1.807) is 7.05 Å². The van der Waals surface area contributed by atoms with Gasteiger partial charge in [0, 0.05) is 25.2 Å². The number of fused-ring (bicyclic) bond motifs is 3. The lowest BCUT2D eigenvalue weighted by Gasteiger charge is -2.40. The number of likely N-dealkylation sites (N-methyl/N-ethyl adjacent to an activating group) is 1. The molecule has 31 heavy (non-hydrogen) atoms. The molecule has 0 unspecified atom stereocenters. The molecule has 3 fully saturated rings. The van der Waals surface area contributed by atoms with Crippen LogP contribution in [0, 0.1) is 12.8 Å². The minimum atomic E-state index is -0.380. The molecule has 6 nitrogen and oxygen atoms in total. The number of benzene rings is 1. The molecule has 2 amide bonds. The molecule has 0 radical (unpaired) electrons. The Morgan fingerprint density at radius 3 is 2.71 bits per heavy atom. The molecular formula is C25H38N4O2. The van der Waals surface area contributed by atoms with Crippen LogP contribution in [0.25, 0.3) is 0 Å². The number of piperidine rings is 1. The molecule has 1 aromatic rings. The lowest BCUT2D eigenvalue weighted by molar-refractivity contribution is -0.139. The van der Waals surface area contributed by atoms with Crippen molar-refractivity contribution in [2.75, 3.05) is 26.7 Å². The van der Waals surface area contributed by atoms with Crippen molar-refractivity contribution in [3.05, 3.63) is 35.4 Å². The third-order valence-corrected chi connectivity index (χ3v) is 7.69. The molecule has 0 spiro atoms. The number of likely N-dealkylation sites (tertiary alicyclic amines) is 1. The summed E-state index contributed by atoms with van der Waals surface area (Å²) in [7, 11) is 1.77. The van der Waals surface area contributed by atoms with E-state index in [2.05, 4.69) is 51.6 Å². The highest BCUT2D eigenvalue weighted by Crippen LogP contribution is 2.39. The highest BCUT2D eigenvalue weighted by Gasteiger charge is 2.48. The fourth-order valence-corrected chi connectivity index (χ4v) is 5.64. The topological polar surface area (TPSA) is 64.7 Å². The van der Waals surface area contributed by atoms with Crippen LogP contribution in [-0.4, -0.2) is 72.5 Å². The number of rotatable bonds is 6. The van der Waals surface area contributed by atoms with Crippen LogP contribution in [0.15, 0.2) is 24.3 Å². The number of carbonyl (C=O) groups excluding carboxylic acids is 2. The first kappa shape index (κ1) is 22.3. The Kier molecular flexibility index (Phi) is 6.97. The molecule has 5 atom stereocenters. The van der Waals surface area contributed by atoms with Gasteiger partial charge in [-0.2, -0.15) is 0 Å². The molecule has 0 saturated carbocycles. The SMILES string of the molecule is CN[C@@H](C)C(=O)N[C@H]1CCC[C@H]2C[C@H]3CCN(CCc4ccc(C)cc4)C[C@H]3N2C1=O. The molecule has 6 heteroatoms. The zero-order chi connectivity index (χ0) is 22.0. The summed E-state index contributed by atoms with van der Waals surface area (Å²) in [6, 6.07) is 8.80. The smallest absolute Gasteiger partial charge is 0.245 e. The van der Waals surface area contributed by atoms with E-state index in [-0.39, 0.29) is 23.9 Å². The number of amides is 2. The molecule has 2 N–H and O–H groups in total. The van der Waals surface area contributed by atoms with Crippen molar-refractivity contribution in [2.45, 2.75) is 76.5 Å². The average Bonchev–Trinajstić information content (AvgIpc) is 3.06. The quantitative estimate of drug-likeness (QED) is 0.731. The number of aryl methyl sites for hydroxylation is 1. The Morgan fingerprint density at radius 2 is 1.97 bits per heavy atom. The predicted molar refractivity (Wildman–Crippen MR) is 123 cm³/mol. The van der Waals surface area contributed by atoms with Gasteiger partial charge in [0.1, 0.15) is 6.04 Å². The lowest BCUT2D eigenvalue weighted by Crippen LogP contribution is -2.57. The largest absolute Gasteiger partial charge is 0.343 e. The molecule has 3 aliphatic rings. The summed E-state index contributed by atoms with van der Waals surface area (Å²) in [6.45, 7) is 7.09. The Morgan fingerprint density at radius 1 is 1.19 bits per heavy atom. The number of nitrogens with zero attached hydrogens (tertiary/aromatic N) is 2. The van der Waals surface area contributed by atoms with Crippen molar-refractivity contribution in [1.82, 2.24) is 20.4 Å². The van der Waals surface area contributed by atoms with Crippen LogP contribution in [0.3, 0.4) is 0 Å². The summed E-state index contributed by atoms with van der Waals surface area (Å²) < 4.78 is 0. The van der Waals surface area contributed by atoms with Crippen molar-refractivity contribution < 1.29 is 9.59 Å². The zero-order valence-electron chi connectivity index (χ0n) is 19.3. The van der Waals surface area contributed by atoms with E-state index >= 15 is 0 Å². The van der Waals surface area contributed by atoms with E-state index in [0.717, 1.165) is 51.7 Å². The molecule has 3 aliphatic heterocycles. The zero-order valence-corrected chi connectivity index (χ0v) is 19.3. The maximum Gasteiger partial charge on any atom is 0.245 e. The van der Waals surface area contributed by atoms with E-state index in [1.165, 1.54) is 17.5 Å². The summed E-state index contributed by atoms with van der Waals surface area (Å²) >= 11 is 0. The van der Waals surface area contributed by atoms with E-state index < -0.39 is 0 Å². The van der Waals surface area contributed by atoms with Gasteiger partial charge in [0.25, 0.3) is 0 Å². The molecule has 170 valence electrons. The first-order valence-electron chi connectivity index (χ1n) is 12.0. The third-order valence-electron chi connectivity index (χ3n) is 7.69. The van der Waals surface area contributed by atoms with Crippen molar-refractivity contribution in [3.63, 3.8) is 0 Å². The fraction of sp³-hybridized carbons (Fsp3) is 0.680. The van der Waals surface area contributed by atoms with Gasteiger partial charge in [-0.15, -0.1) is 0 Å². The number of hydrogen-bond acceptors (Lipinski definition) is 4. The van der Waals surface area contributed by atoms with Crippen LogP contribution in [0.5, 0.6) is 0 Å². The number of hydrogen-bond donors (Lipinski definition) is 2. The number of carbonyl (C=O) groups is 2. The summed E-state index contributed by atoms with van der Waals surface area (Å²) in [5.41, 5.74) is 2.68. The third kappa shape index (κ3) is 4.96. The fourth-order valence-electron chi connectivity index (χ4n) is 5.64. The van der Waals surface area contributed by atoms with Crippen molar-refractivity contribution >= 4 is 11.8 Å².